The molecule has 0 aromatic heterocycles. The minimum Gasteiger partial charge on any atom is -0.491 e. The van der Waals surface area contributed by atoms with Crippen LogP contribution in [0.25, 0.3) is 0 Å². The Labute approximate surface area is 174 Å². The number of rotatable bonds is 1. The van der Waals surface area contributed by atoms with Crippen molar-refractivity contribution in [3.8, 4) is 11.5 Å². The molecule has 0 aliphatic carbocycles. The molecule has 2 aromatic rings. The highest BCUT2D eigenvalue weighted by Gasteiger charge is 2.36. The number of fused-ring (bicyclic) bond motifs is 3. The average molecular weight is 413 g/mol. The second-order valence-electron chi connectivity index (χ2n) is 6.69. The van der Waals surface area contributed by atoms with Crippen LogP contribution >= 0.6 is 0 Å². The molecule has 158 valence electrons. The van der Waals surface area contributed by atoms with E-state index in [0.29, 0.717) is 81.2 Å². The number of ether oxygens (including phenoxy) is 5. The molecule has 0 atom stereocenters. The Morgan fingerprint density at radius 3 is 1.50 bits per heavy atom. The molecule has 0 saturated carbocycles. The number of imide groups is 1. The monoisotopic (exact) mass is 413 g/mol. The maximum atomic E-state index is 12.8. The fourth-order valence-electron chi connectivity index (χ4n) is 3.26. The minimum atomic E-state index is -0.368. The molecule has 0 saturated heterocycles. The summed E-state index contributed by atoms with van der Waals surface area (Å²) in [4.78, 5) is 26.8. The van der Waals surface area contributed by atoms with Gasteiger partial charge in [-0.2, -0.15) is 0 Å². The van der Waals surface area contributed by atoms with Gasteiger partial charge in [0.1, 0.15) is 24.7 Å². The van der Waals surface area contributed by atoms with Gasteiger partial charge in [-0.05, 0) is 12.1 Å². The quantitative estimate of drug-likeness (QED) is 0.664. The van der Waals surface area contributed by atoms with Crippen molar-refractivity contribution < 1.29 is 33.3 Å². The van der Waals surface area contributed by atoms with Crippen molar-refractivity contribution in [3.63, 3.8) is 0 Å². The van der Waals surface area contributed by atoms with Gasteiger partial charge in [0.25, 0.3) is 11.8 Å². The lowest BCUT2D eigenvalue weighted by atomic mass is 10.1. The van der Waals surface area contributed by atoms with Gasteiger partial charge in [0.2, 0.25) is 0 Å². The van der Waals surface area contributed by atoms with Crippen LogP contribution in [0.4, 0.5) is 5.69 Å². The third-order valence-electron chi connectivity index (χ3n) is 4.65. The number of benzene rings is 2. The van der Waals surface area contributed by atoms with Crippen molar-refractivity contribution >= 4 is 17.5 Å². The Bertz CT molecular complexity index is 847. The lowest BCUT2D eigenvalue weighted by Gasteiger charge is -2.18. The van der Waals surface area contributed by atoms with Gasteiger partial charge in [-0.3, -0.25) is 9.59 Å². The summed E-state index contributed by atoms with van der Waals surface area (Å²) < 4.78 is 27.9. The summed E-state index contributed by atoms with van der Waals surface area (Å²) in [5, 5.41) is 0. The predicted molar refractivity (Wildman–Crippen MR) is 107 cm³/mol. The van der Waals surface area contributed by atoms with E-state index in [4.69, 9.17) is 23.7 Å². The van der Waals surface area contributed by atoms with Crippen LogP contribution in [0.3, 0.4) is 0 Å². The van der Waals surface area contributed by atoms with E-state index in [-0.39, 0.29) is 11.8 Å². The van der Waals surface area contributed by atoms with E-state index in [9.17, 15) is 9.59 Å². The maximum absolute atomic E-state index is 12.8. The van der Waals surface area contributed by atoms with Crippen molar-refractivity contribution in [2.24, 2.45) is 0 Å². The molecule has 0 spiro atoms. The second kappa shape index (κ2) is 9.71. The normalized spacial score (nSPS) is 18.5. The molecule has 0 unspecified atom stereocenters. The van der Waals surface area contributed by atoms with Crippen LogP contribution in [-0.2, 0) is 14.2 Å². The number of hydrogen-bond acceptors (Lipinski definition) is 7. The molecule has 8 nitrogen and oxygen atoms in total. The van der Waals surface area contributed by atoms with E-state index >= 15 is 0 Å². The van der Waals surface area contributed by atoms with Crippen LogP contribution in [0, 0.1) is 0 Å². The van der Waals surface area contributed by atoms with E-state index in [1.165, 1.54) is 0 Å². The van der Waals surface area contributed by atoms with Crippen LogP contribution < -0.4 is 14.4 Å². The zero-order chi connectivity index (χ0) is 20.8. The first kappa shape index (κ1) is 20.3. The number of amides is 2. The van der Waals surface area contributed by atoms with Crippen LogP contribution in [0.1, 0.15) is 20.7 Å². The zero-order valence-corrected chi connectivity index (χ0v) is 16.5. The van der Waals surface area contributed by atoms with Gasteiger partial charge in [0.05, 0.1) is 56.5 Å². The maximum Gasteiger partial charge on any atom is 0.266 e. The smallest absolute Gasteiger partial charge is 0.266 e. The highest BCUT2D eigenvalue weighted by atomic mass is 16.6. The highest BCUT2D eigenvalue weighted by Crippen LogP contribution is 2.34. The van der Waals surface area contributed by atoms with Gasteiger partial charge in [-0.25, -0.2) is 4.90 Å². The largest absolute Gasteiger partial charge is 0.491 e. The van der Waals surface area contributed by atoms with E-state index in [2.05, 4.69) is 0 Å². The minimum absolute atomic E-state index is 0.314. The van der Waals surface area contributed by atoms with E-state index < -0.39 is 0 Å². The summed E-state index contributed by atoms with van der Waals surface area (Å²) in [6, 6.07) is 11.8. The number of carbonyl (C=O) groups is 2. The van der Waals surface area contributed by atoms with Gasteiger partial charge in [0, 0.05) is 18.2 Å². The van der Waals surface area contributed by atoms with Gasteiger partial charge < -0.3 is 23.7 Å². The fourth-order valence-corrected chi connectivity index (χ4v) is 3.26. The third kappa shape index (κ3) is 4.62. The van der Waals surface area contributed by atoms with Gasteiger partial charge >= 0.3 is 0 Å². The second-order valence-corrected chi connectivity index (χ2v) is 6.69. The fraction of sp³-hybridized carbons (Fsp3) is 0.364. The first-order valence-corrected chi connectivity index (χ1v) is 9.86. The zero-order valence-electron chi connectivity index (χ0n) is 16.5. The molecular formula is C22H23NO7. The summed E-state index contributed by atoms with van der Waals surface area (Å²) in [6.45, 7) is 3.29. The van der Waals surface area contributed by atoms with Crippen LogP contribution in [0.15, 0.2) is 42.5 Å². The lowest BCUT2D eigenvalue weighted by Crippen LogP contribution is -2.29. The van der Waals surface area contributed by atoms with Crippen LogP contribution in [0.5, 0.6) is 11.5 Å². The highest BCUT2D eigenvalue weighted by molar-refractivity contribution is 6.34. The van der Waals surface area contributed by atoms with Crippen molar-refractivity contribution in [2.75, 3.05) is 57.8 Å². The van der Waals surface area contributed by atoms with Crippen molar-refractivity contribution in [3.05, 3.63) is 53.6 Å². The predicted octanol–water partition coefficient (Wildman–Crippen LogP) is 2.31. The molecule has 0 fully saturated rings. The Kier molecular flexibility index (Phi) is 6.58. The average Bonchev–Trinajstić information content (AvgIpc) is 3.01. The standard InChI is InChI=1S/C22H23NO7/c24-21-19-3-1-2-4-20(19)22(25)23(21)16-13-17-15-18(14-16)30-12-10-28-8-6-26-5-7-27-9-11-29-17/h1-4,13-15H,5-12H2. The molecule has 2 aliphatic heterocycles. The summed E-state index contributed by atoms with van der Waals surface area (Å²) >= 11 is 0. The third-order valence-corrected chi connectivity index (χ3v) is 4.65. The molecule has 2 aliphatic rings. The molecular weight excluding hydrogens is 390 g/mol. The Hall–Kier alpha value is -2.94. The lowest BCUT2D eigenvalue weighted by molar-refractivity contribution is 0.00435. The molecule has 2 bridgehead atoms. The number of hydrogen-bond donors (Lipinski definition) is 0. The number of nitrogens with zero attached hydrogens (tertiary/aromatic N) is 1. The van der Waals surface area contributed by atoms with Crippen LogP contribution in [0.2, 0.25) is 0 Å². The number of carbonyl (C=O) groups excluding carboxylic acids is 2. The molecule has 30 heavy (non-hydrogen) atoms. The molecule has 0 N–H and O–H groups in total. The Balaban J connectivity index is 1.57. The summed E-state index contributed by atoms with van der Waals surface area (Å²) in [7, 11) is 0. The molecule has 0 radical (unpaired) electrons. The Morgan fingerprint density at radius 1 is 0.600 bits per heavy atom. The first-order valence-electron chi connectivity index (χ1n) is 9.86. The van der Waals surface area contributed by atoms with Crippen LogP contribution in [-0.4, -0.2) is 64.7 Å². The summed E-state index contributed by atoms with van der Waals surface area (Å²) in [5.41, 5.74) is 1.16. The van der Waals surface area contributed by atoms with E-state index in [1.54, 1.807) is 42.5 Å². The topological polar surface area (TPSA) is 83.5 Å². The Morgan fingerprint density at radius 2 is 1.03 bits per heavy atom. The molecule has 2 aromatic carbocycles. The van der Waals surface area contributed by atoms with E-state index in [0.717, 1.165) is 4.90 Å². The van der Waals surface area contributed by atoms with Gasteiger partial charge in [-0.1, -0.05) is 12.1 Å². The number of anilines is 1. The molecule has 2 amide bonds. The van der Waals surface area contributed by atoms with E-state index in [1.807, 2.05) is 0 Å². The van der Waals surface area contributed by atoms with Gasteiger partial charge in [-0.15, -0.1) is 0 Å². The van der Waals surface area contributed by atoms with Crippen molar-refractivity contribution in [1.29, 1.82) is 0 Å². The van der Waals surface area contributed by atoms with Crippen molar-refractivity contribution in [1.82, 2.24) is 0 Å². The van der Waals surface area contributed by atoms with Crippen molar-refractivity contribution in [2.45, 2.75) is 0 Å². The molecule has 4 rings (SSSR count). The van der Waals surface area contributed by atoms with Gasteiger partial charge in [0.15, 0.2) is 0 Å². The summed E-state index contributed by atoms with van der Waals surface area (Å²) in [6.07, 6.45) is 0. The molecule has 8 heteroatoms. The summed E-state index contributed by atoms with van der Waals surface area (Å²) in [5.74, 6) is 0.221. The SMILES string of the molecule is O=C1c2ccccc2C(=O)N1c1cc2cc(c1)OCCOCCOCCOCCO2. The molecule has 2 heterocycles. The first-order chi connectivity index (χ1) is 14.7.